The van der Waals surface area contributed by atoms with Crippen LogP contribution in [0.25, 0.3) is 21.7 Å². The Bertz CT molecular complexity index is 1240. The van der Waals surface area contributed by atoms with E-state index < -0.39 is 5.97 Å². The Labute approximate surface area is 160 Å². The van der Waals surface area contributed by atoms with Crippen molar-refractivity contribution in [1.82, 2.24) is 0 Å². The number of aromatic carboxylic acids is 1. The number of carbonyl (C=O) groups is 1. The molecule has 0 fully saturated rings. The molecule has 3 aromatic carbocycles. The molecular formula is C23H18O5. The van der Waals surface area contributed by atoms with Crippen molar-refractivity contribution in [2.75, 3.05) is 0 Å². The van der Waals surface area contributed by atoms with E-state index in [-0.39, 0.29) is 17.8 Å². The van der Waals surface area contributed by atoms with Gasteiger partial charge in [-0.3, -0.25) is 0 Å². The van der Waals surface area contributed by atoms with E-state index in [1.54, 1.807) is 36.4 Å². The molecule has 28 heavy (non-hydrogen) atoms. The molecule has 0 unspecified atom stereocenters. The maximum Gasteiger partial charge on any atom is 0.344 e. The van der Waals surface area contributed by atoms with Gasteiger partial charge < -0.3 is 14.3 Å². The van der Waals surface area contributed by atoms with Crippen LogP contribution in [0.15, 0.2) is 69.9 Å². The van der Waals surface area contributed by atoms with E-state index in [0.717, 1.165) is 28.3 Å². The van der Waals surface area contributed by atoms with Crippen molar-refractivity contribution in [3.8, 4) is 5.75 Å². The number of carboxylic acids is 1. The molecule has 0 saturated carbocycles. The quantitative estimate of drug-likeness (QED) is 0.402. The van der Waals surface area contributed by atoms with Crippen LogP contribution in [0.2, 0.25) is 0 Å². The number of hydrogen-bond donors (Lipinski definition) is 1. The molecule has 5 nitrogen and oxygen atoms in total. The molecular weight excluding hydrogens is 356 g/mol. The summed E-state index contributed by atoms with van der Waals surface area (Å²) in [6.07, 6.45) is 0.761. The minimum absolute atomic E-state index is 0.234. The molecule has 0 atom stereocenters. The zero-order chi connectivity index (χ0) is 19.7. The smallest absolute Gasteiger partial charge is 0.344 e. The van der Waals surface area contributed by atoms with E-state index >= 15 is 0 Å². The van der Waals surface area contributed by atoms with Crippen LogP contribution in [0, 0.1) is 0 Å². The molecule has 4 rings (SSSR count). The minimum Gasteiger partial charge on any atom is -0.488 e. The maximum atomic E-state index is 12.3. The molecule has 0 amide bonds. The number of carboxylic acid groups (broad SMARTS) is 1. The molecule has 0 aliphatic carbocycles. The van der Waals surface area contributed by atoms with Crippen LogP contribution in [0.5, 0.6) is 5.75 Å². The largest absolute Gasteiger partial charge is 0.488 e. The zero-order valence-electron chi connectivity index (χ0n) is 15.3. The fourth-order valence-corrected chi connectivity index (χ4v) is 3.27. The molecule has 0 aliphatic heterocycles. The normalized spacial score (nSPS) is 11.0. The second kappa shape index (κ2) is 7.19. The Morgan fingerprint density at radius 1 is 1.00 bits per heavy atom. The maximum absolute atomic E-state index is 12.3. The van der Waals surface area contributed by atoms with Gasteiger partial charge in [0.15, 0.2) is 0 Å². The van der Waals surface area contributed by atoms with Gasteiger partial charge in [0.2, 0.25) is 0 Å². The summed E-state index contributed by atoms with van der Waals surface area (Å²) in [5.41, 5.74) is 2.21. The fourth-order valence-electron chi connectivity index (χ4n) is 3.27. The van der Waals surface area contributed by atoms with Gasteiger partial charge in [-0.05, 0) is 47.2 Å². The lowest BCUT2D eigenvalue weighted by atomic mass is 10.0. The summed E-state index contributed by atoms with van der Waals surface area (Å²) in [5, 5.41) is 11.3. The molecule has 1 heterocycles. The average molecular weight is 374 g/mol. The van der Waals surface area contributed by atoms with Gasteiger partial charge >= 0.3 is 11.6 Å². The third kappa shape index (κ3) is 3.22. The van der Waals surface area contributed by atoms with Gasteiger partial charge in [-0.25, -0.2) is 9.59 Å². The first-order chi connectivity index (χ1) is 13.6. The predicted molar refractivity (Wildman–Crippen MR) is 107 cm³/mol. The van der Waals surface area contributed by atoms with Crippen molar-refractivity contribution in [3.63, 3.8) is 0 Å². The van der Waals surface area contributed by atoms with Crippen molar-refractivity contribution in [2.24, 2.45) is 0 Å². The van der Waals surface area contributed by atoms with Crippen molar-refractivity contribution in [2.45, 2.75) is 20.0 Å². The SMILES string of the molecule is CCc1cc2c(cc1OCc1ccc(C(=O)O)cc1)oc(=O)c1ccccc12. The monoisotopic (exact) mass is 374 g/mol. The first-order valence-electron chi connectivity index (χ1n) is 9.00. The molecule has 1 aromatic heterocycles. The van der Waals surface area contributed by atoms with Crippen molar-refractivity contribution >= 4 is 27.7 Å². The van der Waals surface area contributed by atoms with E-state index in [2.05, 4.69) is 0 Å². The van der Waals surface area contributed by atoms with Gasteiger partial charge in [-0.15, -0.1) is 0 Å². The van der Waals surface area contributed by atoms with Gasteiger partial charge in [-0.2, -0.15) is 0 Å². The van der Waals surface area contributed by atoms with Crippen LogP contribution in [0.3, 0.4) is 0 Å². The van der Waals surface area contributed by atoms with Crippen LogP contribution in [-0.4, -0.2) is 11.1 Å². The summed E-state index contributed by atoms with van der Waals surface area (Å²) >= 11 is 0. The second-order valence-electron chi connectivity index (χ2n) is 6.54. The Morgan fingerprint density at radius 2 is 1.71 bits per heavy atom. The van der Waals surface area contributed by atoms with E-state index in [1.807, 2.05) is 31.2 Å². The van der Waals surface area contributed by atoms with Crippen molar-refractivity contribution < 1.29 is 19.1 Å². The summed E-state index contributed by atoms with van der Waals surface area (Å²) in [6, 6.07) is 17.7. The first-order valence-corrected chi connectivity index (χ1v) is 9.00. The number of benzene rings is 3. The molecule has 140 valence electrons. The first kappa shape index (κ1) is 17.8. The van der Waals surface area contributed by atoms with E-state index in [0.29, 0.717) is 16.7 Å². The van der Waals surface area contributed by atoms with Crippen LogP contribution >= 0.6 is 0 Å². The van der Waals surface area contributed by atoms with E-state index in [9.17, 15) is 9.59 Å². The molecule has 0 spiro atoms. The molecule has 4 aromatic rings. The van der Waals surface area contributed by atoms with Crippen LogP contribution in [-0.2, 0) is 13.0 Å². The molecule has 0 bridgehead atoms. The van der Waals surface area contributed by atoms with Crippen molar-refractivity contribution in [1.29, 1.82) is 0 Å². The molecule has 0 aliphatic rings. The topological polar surface area (TPSA) is 76.7 Å². The number of fused-ring (bicyclic) bond motifs is 3. The van der Waals surface area contributed by atoms with Gasteiger partial charge in [-0.1, -0.05) is 37.3 Å². The van der Waals surface area contributed by atoms with Gasteiger partial charge in [0, 0.05) is 11.5 Å². The van der Waals surface area contributed by atoms with E-state index in [4.69, 9.17) is 14.3 Å². The van der Waals surface area contributed by atoms with Crippen LogP contribution in [0.4, 0.5) is 0 Å². The Morgan fingerprint density at radius 3 is 2.39 bits per heavy atom. The lowest BCUT2D eigenvalue weighted by Crippen LogP contribution is -2.02. The number of hydrogen-bond acceptors (Lipinski definition) is 4. The Balaban J connectivity index is 1.71. The highest BCUT2D eigenvalue weighted by Gasteiger charge is 2.12. The number of ether oxygens (including phenoxy) is 1. The predicted octanol–water partition coefficient (Wildman–Crippen LogP) is 4.79. The molecule has 0 saturated heterocycles. The number of rotatable bonds is 5. The summed E-state index contributed by atoms with van der Waals surface area (Å²) in [6.45, 7) is 2.33. The highest BCUT2D eigenvalue weighted by atomic mass is 16.5. The number of aryl methyl sites for hydroxylation is 1. The molecule has 0 radical (unpaired) electrons. The fraction of sp³-hybridized carbons (Fsp3) is 0.130. The van der Waals surface area contributed by atoms with Gasteiger partial charge in [0.05, 0.1) is 10.9 Å². The standard InChI is InChI=1S/C23H18O5/c1-2-15-11-19-17-5-3-4-6-18(17)23(26)28-21(19)12-20(15)27-13-14-7-9-16(10-8-14)22(24)25/h3-12H,2,13H2,1H3,(H,24,25). The van der Waals surface area contributed by atoms with Crippen LogP contribution < -0.4 is 10.4 Å². The summed E-state index contributed by atoms with van der Waals surface area (Å²) < 4.78 is 11.5. The second-order valence-corrected chi connectivity index (χ2v) is 6.54. The lowest BCUT2D eigenvalue weighted by molar-refractivity contribution is 0.0697. The van der Waals surface area contributed by atoms with Gasteiger partial charge in [0.25, 0.3) is 0 Å². The lowest BCUT2D eigenvalue weighted by Gasteiger charge is -2.13. The Hall–Kier alpha value is -3.60. The highest BCUT2D eigenvalue weighted by molar-refractivity contribution is 6.04. The minimum atomic E-state index is -0.961. The third-order valence-corrected chi connectivity index (χ3v) is 4.78. The summed E-state index contributed by atoms with van der Waals surface area (Å²) in [7, 11) is 0. The summed E-state index contributed by atoms with van der Waals surface area (Å²) in [4.78, 5) is 23.2. The molecule has 1 N–H and O–H groups in total. The van der Waals surface area contributed by atoms with Gasteiger partial charge in [0.1, 0.15) is 17.9 Å². The summed E-state index contributed by atoms with van der Waals surface area (Å²) in [5.74, 6) is -0.312. The van der Waals surface area contributed by atoms with Crippen LogP contribution in [0.1, 0.15) is 28.4 Å². The molecule has 5 heteroatoms. The third-order valence-electron chi connectivity index (χ3n) is 4.78. The average Bonchev–Trinajstić information content (AvgIpc) is 2.72. The van der Waals surface area contributed by atoms with Crippen molar-refractivity contribution in [3.05, 3.63) is 87.8 Å². The zero-order valence-corrected chi connectivity index (χ0v) is 15.3. The highest BCUT2D eigenvalue weighted by Crippen LogP contribution is 2.30. The van der Waals surface area contributed by atoms with E-state index in [1.165, 1.54) is 0 Å². The Kier molecular flexibility index (Phi) is 4.57.